The minimum Gasteiger partial charge on any atom is -0.457 e. The first-order valence-electron chi connectivity index (χ1n) is 15.6. The largest absolute Gasteiger partial charge is 0.457 e. The maximum atomic E-state index is 6.27. The summed E-state index contributed by atoms with van der Waals surface area (Å²) in [5.74, 6) is 1.35. The van der Waals surface area contributed by atoms with Crippen molar-refractivity contribution in [1.82, 2.24) is 0 Å². The molecule has 0 amide bonds. The Kier molecular flexibility index (Phi) is 8.28. The summed E-state index contributed by atoms with van der Waals surface area (Å²) in [6, 6.07) is 50.4. The van der Waals surface area contributed by atoms with Crippen molar-refractivity contribution in [1.29, 1.82) is 0 Å². The summed E-state index contributed by atoms with van der Waals surface area (Å²) in [7, 11) is 0. The van der Waals surface area contributed by atoms with Crippen LogP contribution in [-0.2, 0) is 0 Å². The Morgan fingerprint density at radius 3 is 1.24 bits per heavy atom. The highest BCUT2D eigenvalue weighted by Crippen LogP contribution is 2.29. The lowest BCUT2D eigenvalue weighted by Gasteiger charge is -2.08. The molecule has 0 saturated carbocycles. The van der Waals surface area contributed by atoms with Gasteiger partial charge in [-0.15, -0.1) is 0 Å². The van der Waals surface area contributed by atoms with Crippen LogP contribution < -0.4 is 15.8 Å². The van der Waals surface area contributed by atoms with Gasteiger partial charge in [0.05, 0.1) is 11.4 Å². The highest BCUT2D eigenvalue weighted by Gasteiger charge is 2.10. The zero-order valence-corrected chi connectivity index (χ0v) is 27.4. The van der Waals surface area contributed by atoms with Gasteiger partial charge < -0.3 is 13.6 Å². The topological polar surface area (TPSA) is 60.2 Å². The van der Waals surface area contributed by atoms with Gasteiger partial charge in [0.15, 0.2) is 0 Å². The second kappa shape index (κ2) is 13.3. The van der Waals surface area contributed by atoms with Gasteiger partial charge in [-0.2, -0.15) is 0 Å². The van der Waals surface area contributed by atoms with E-state index in [0.29, 0.717) is 43.8 Å². The molecule has 0 unspecified atom stereocenters. The Morgan fingerprint density at radius 1 is 0.429 bits per heavy atom. The van der Waals surface area contributed by atoms with Crippen molar-refractivity contribution in [2.75, 3.05) is 0 Å². The van der Waals surface area contributed by atoms with E-state index in [1.165, 1.54) is 0 Å². The first-order valence-corrected chi connectivity index (χ1v) is 16.3. The normalized spacial score (nSPS) is 12.1. The van der Waals surface area contributed by atoms with E-state index < -0.39 is 0 Å². The van der Waals surface area contributed by atoms with Crippen LogP contribution in [0.3, 0.4) is 0 Å². The van der Waals surface area contributed by atoms with Crippen molar-refractivity contribution < 1.29 is 13.6 Å². The molecule has 2 aromatic heterocycles. The molecule has 5 nitrogen and oxygen atoms in total. The molecule has 49 heavy (non-hydrogen) atoms. The Labute approximate surface area is 291 Å². The quantitative estimate of drug-likeness (QED) is 0.176. The molecule has 0 aliphatic rings. The van der Waals surface area contributed by atoms with Gasteiger partial charge in [-0.3, -0.25) is 0 Å². The zero-order valence-electron chi connectivity index (χ0n) is 25.9. The molecule has 236 valence electrons. The maximum Gasteiger partial charge on any atom is 0.227 e. The van der Waals surface area contributed by atoms with Gasteiger partial charge in [-0.05, 0) is 108 Å². The molecule has 0 bridgehead atoms. The lowest BCUT2D eigenvalue weighted by molar-refractivity contribution is 0.482. The molecule has 6 aromatic carbocycles. The van der Waals surface area contributed by atoms with Gasteiger partial charge in [0.2, 0.25) is 11.1 Å². The van der Waals surface area contributed by atoms with Crippen LogP contribution >= 0.6 is 23.2 Å². The van der Waals surface area contributed by atoms with E-state index in [9.17, 15) is 0 Å². The number of ether oxygens (including phenoxy) is 1. The van der Waals surface area contributed by atoms with Crippen molar-refractivity contribution in [3.8, 4) is 33.8 Å². The molecule has 0 saturated heterocycles. The summed E-state index contributed by atoms with van der Waals surface area (Å²) in [5.41, 5.74) is 7.61. The fourth-order valence-electron chi connectivity index (χ4n) is 5.57. The molecule has 0 fully saturated rings. The van der Waals surface area contributed by atoms with E-state index in [0.717, 1.165) is 44.4 Å². The lowest BCUT2D eigenvalue weighted by atomic mass is 10.1. The van der Waals surface area contributed by atoms with E-state index in [1.807, 2.05) is 146 Å². The van der Waals surface area contributed by atoms with Gasteiger partial charge in [-0.25, -0.2) is 9.98 Å². The summed E-state index contributed by atoms with van der Waals surface area (Å²) in [6.45, 7) is 0. The van der Waals surface area contributed by atoms with Crippen LogP contribution in [0.1, 0.15) is 0 Å². The Balaban J connectivity index is 1.07. The first-order chi connectivity index (χ1) is 24.0. The van der Waals surface area contributed by atoms with Crippen LogP contribution in [0, 0.1) is 0 Å². The second-order valence-corrected chi connectivity index (χ2v) is 12.2. The fourth-order valence-corrected chi connectivity index (χ4v) is 5.93. The highest BCUT2D eigenvalue weighted by molar-refractivity contribution is 6.31. The van der Waals surface area contributed by atoms with Gasteiger partial charge in [-0.1, -0.05) is 83.9 Å². The standard InChI is InChI=1S/C42H26Cl2N2O3/c43-31-11-21-39-29(23-31)25-37(27-7-3-1-4-8-27)41(48-39)45-33-13-17-35(18-14-33)47-36-19-15-34(16-20-36)46-42-38(28-9-5-2-6-10-28)26-30-24-32(44)12-22-40(30)49-42/h1-26H. The average molecular weight is 678 g/mol. The van der Waals surface area contributed by atoms with E-state index in [4.69, 9.17) is 46.8 Å². The summed E-state index contributed by atoms with van der Waals surface area (Å²) < 4.78 is 18.7. The van der Waals surface area contributed by atoms with Crippen molar-refractivity contribution in [2.45, 2.75) is 0 Å². The zero-order chi connectivity index (χ0) is 33.2. The molecule has 0 atom stereocenters. The van der Waals surface area contributed by atoms with Gasteiger partial charge >= 0.3 is 0 Å². The molecular formula is C42H26Cl2N2O3. The molecule has 8 rings (SSSR count). The third kappa shape index (κ3) is 6.76. The molecule has 2 heterocycles. The Bertz CT molecular complexity index is 2400. The predicted octanol–water partition coefficient (Wildman–Crippen LogP) is 12.1. The molecule has 0 radical (unpaired) electrons. The summed E-state index contributed by atoms with van der Waals surface area (Å²) >= 11 is 12.5. The van der Waals surface area contributed by atoms with E-state index >= 15 is 0 Å². The summed E-state index contributed by atoms with van der Waals surface area (Å²) in [4.78, 5) is 9.72. The smallest absolute Gasteiger partial charge is 0.227 e. The SMILES string of the molecule is Clc1ccc2oc(=Nc3ccc(Oc4ccc(N=c5oc6ccc(Cl)cc6cc5-c5ccccc5)cc4)cc3)c(-c3ccccc3)cc2c1. The maximum absolute atomic E-state index is 6.27. The molecule has 8 aromatic rings. The van der Waals surface area contributed by atoms with Crippen LogP contribution in [0.2, 0.25) is 10.0 Å². The van der Waals surface area contributed by atoms with E-state index in [1.54, 1.807) is 0 Å². The average Bonchev–Trinajstić information content (AvgIpc) is 3.13. The number of halogens is 2. The lowest BCUT2D eigenvalue weighted by Crippen LogP contribution is -2.05. The van der Waals surface area contributed by atoms with Crippen molar-refractivity contribution in [2.24, 2.45) is 9.98 Å². The number of hydrogen-bond acceptors (Lipinski definition) is 5. The number of benzene rings is 6. The van der Waals surface area contributed by atoms with Gasteiger partial charge in [0.1, 0.15) is 22.7 Å². The minimum absolute atomic E-state index is 0.506. The summed E-state index contributed by atoms with van der Waals surface area (Å²) in [5, 5.41) is 3.10. The highest BCUT2D eigenvalue weighted by atomic mass is 35.5. The van der Waals surface area contributed by atoms with Crippen molar-refractivity contribution >= 4 is 56.5 Å². The van der Waals surface area contributed by atoms with Crippen LogP contribution in [0.5, 0.6) is 11.5 Å². The number of rotatable bonds is 6. The minimum atomic E-state index is 0.506. The predicted molar refractivity (Wildman–Crippen MR) is 197 cm³/mol. The first kappa shape index (κ1) is 30.5. The Morgan fingerprint density at radius 2 is 0.837 bits per heavy atom. The van der Waals surface area contributed by atoms with Crippen molar-refractivity contribution in [3.05, 3.63) is 179 Å². The van der Waals surface area contributed by atoms with Crippen LogP contribution in [0.25, 0.3) is 44.2 Å². The summed E-state index contributed by atoms with van der Waals surface area (Å²) in [6.07, 6.45) is 0. The molecule has 0 aliphatic heterocycles. The monoisotopic (exact) mass is 676 g/mol. The van der Waals surface area contributed by atoms with Gasteiger partial charge in [0.25, 0.3) is 0 Å². The van der Waals surface area contributed by atoms with Crippen LogP contribution in [0.15, 0.2) is 177 Å². The Hall–Kier alpha value is -5.88. The molecular weight excluding hydrogens is 651 g/mol. The van der Waals surface area contributed by atoms with Crippen LogP contribution in [0.4, 0.5) is 11.4 Å². The number of fused-ring (bicyclic) bond motifs is 2. The third-order valence-corrected chi connectivity index (χ3v) is 8.43. The van der Waals surface area contributed by atoms with Gasteiger partial charge in [0, 0.05) is 31.9 Å². The molecule has 7 heteroatoms. The third-order valence-electron chi connectivity index (χ3n) is 7.96. The molecule has 0 aliphatic carbocycles. The number of nitrogens with zero attached hydrogens (tertiary/aromatic N) is 2. The van der Waals surface area contributed by atoms with E-state index in [2.05, 4.69) is 12.1 Å². The second-order valence-electron chi connectivity index (χ2n) is 11.3. The fraction of sp³-hybridized carbons (Fsp3) is 0. The van der Waals surface area contributed by atoms with Crippen molar-refractivity contribution in [3.63, 3.8) is 0 Å². The van der Waals surface area contributed by atoms with Crippen LogP contribution in [-0.4, -0.2) is 0 Å². The number of hydrogen-bond donors (Lipinski definition) is 0. The molecule has 0 spiro atoms. The van der Waals surface area contributed by atoms with E-state index in [-0.39, 0.29) is 0 Å². The molecule has 0 N–H and O–H groups in total.